The number of nitrogens with one attached hydrogen (secondary N) is 2. The molecule has 0 saturated carbocycles. The molecular weight excluding hydrogens is 321 g/mol. The third-order valence-electron chi connectivity index (χ3n) is 3.11. The number of aromatic amines is 1. The smallest absolute Gasteiger partial charge is 0.422 e. The number of halogens is 4. The van der Waals surface area contributed by atoms with Crippen LogP contribution in [0, 0.1) is 0 Å². The summed E-state index contributed by atoms with van der Waals surface area (Å²) >= 11 is 0. The molecule has 0 bridgehead atoms. The summed E-state index contributed by atoms with van der Waals surface area (Å²) in [7, 11) is 1.51. The van der Waals surface area contributed by atoms with Crippen molar-refractivity contribution < 1.29 is 22.7 Å². The van der Waals surface area contributed by atoms with Gasteiger partial charge in [0.1, 0.15) is 6.04 Å². The van der Waals surface area contributed by atoms with Crippen LogP contribution in [-0.2, 0) is 16.0 Å². The van der Waals surface area contributed by atoms with Crippen molar-refractivity contribution in [1.29, 1.82) is 0 Å². The number of carbonyl (C=O) groups excluding carboxylic acids is 1. The van der Waals surface area contributed by atoms with Gasteiger partial charge in [0.2, 0.25) is 0 Å². The van der Waals surface area contributed by atoms with Crippen molar-refractivity contribution in [1.82, 2.24) is 10.3 Å². The number of carbonyl (C=O) groups is 1. The number of rotatable bonds is 5. The van der Waals surface area contributed by atoms with Crippen LogP contribution in [0.4, 0.5) is 13.2 Å². The van der Waals surface area contributed by atoms with E-state index in [1.165, 1.54) is 7.05 Å². The number of para-hydroxylation sites is 1. The molecule has 0 aliphatic carbocycles. The average molecular weight is 337 g/mol. The van der Waals surface area contributed by atoms with E-state index in [-0.39, 0.29) is 18.8 Å². The van der Waals surface area contributed by atoms with Gasteiger partial charge in [-0.2, -0.15) is 13.2 Å². The zero-order chi connectivity index (χ0) is 15.5. The normalized spacial score (nSPS) is 12.7. The predicted octanol–water partition coefficient (Wildman–Crippen LogP) is 2.83. The van der Waals surface area contributed by atoms with Crippen LogP contribution in [0.1, 0.15) is 5.56 Å². The van der Waals surface area contributed by atoms with Crippen LogP contribution in [0.25, 0.3) is 10.9 Å². The Labute approximate surface area is 131 Å². The first-order chi connectivity index (χ1) is 9.90. The van der Waals surface area contributed by atoms with Gasteiger partial charge in [0.15, 0.2) is 6.61 Å². The van der Waals surface area contributed by atoms with E-state index in [2.05, 4.69) is 15.0 Å². The highest BCUT2D eigenvalue weighted by Crippen LogP contribution is 2.20. The van der Waals surface area contributed by atoms with Gasteiger partial charge in [-0.1, -0.05) is 18.2 Å². The molecule has 0 spiro atoms. The fraction of sp³-hybridized carbons (Fsp3) is 0.357. The average Bonchev–Trinajstić information content (AvgIpc) is 2.84. The van der Waals surface area contributed by atoms with E-state index in [0.717, 1.165) is 16.5 Å². The summed E-state index contributed by atoms with van der Waals surface area (Å²) < 4.78 is 40.5. The van der Waals surface area contributed by atoms with E-state index < -0.39 is 24.8 Å². The van der Waals surface area contributed by atoms with E-state index in [1.807, 2.05) is 24.3 Å². The Morgan fingerprint density at radius 2 is 2.05 bits per heavy atom. The molecule has 22 heavy (non-hydrogen) atoms. The number of alkyl halides is 3. The lowest BCUT2D eigenvalue weighted by molar-refractivity contribution is -0.187. The third-order valence-corrected chi connectivity index (χ3v) is 3.11. The van der Waals surface area contributed by atoms with Crippen LogP contribution in [0.5, 0.6) is 0 Å². The molecule has 1 aromatic carbocycles. The molecule has 0 saturated heterocycles. The van der Waals surface area contributed by atoms with Gasteiger partial charge in [0.25, 0.3) is 0 Å². The Morgan fingerprint density at radius 3 is 2.68 bits per heavy atom. The number of H-pyrrole nitrogens is 1. The lowest BCUT2D eigenvalue weighted by Gasteiger charge is -2.15. The number of hydrogen-bond donors (Lipinski definition) is 2. The molecule has 8 heteroatoms. The Bertz CT molecular complexity index is 628. The number of hydrogen-bond acceptors (Lipinski definition) is 3. The van der Waals surface area contributed by atoms with E-state index in [4.69, 9.17) is 0 Å². The molecule has 2 rings (SSSR count). The minimum atomic E-state index is -4.52. The van der Waals surface area contributed by atoms with Gasteiger partial charge in [-0.25, -0.2) is 0 Å². The highest BCUT2D eigenvalue weighted by molar-refractivity contribution is 5.85. The molecule has 1 aromatic heterocycles. The number of likely N-dealkylation sites (N-methyl/N-ethyl adjacent to an activating group) is 1. The molecular formula is C14H16ClF3N2O2. The highest BCUT2D eigenvalue weighted by Gasteiger charge is 2.31. The van der Waals surface area contributed by atoms with Gasteiger partial charge in [0.05, 0.1) is 0 Å². The van der Waals surface area contributed by atoms with Gasteiger partial charge < -0.3 is 15.0 Å². The minimum Gasteiger partial charge on any atom is -0.455 e. The molecule has 0 fully saturated rings. The number of ether oxygens (including phenoxy) is 1. The molecule has 2 aromatic rings. The lowest BCUT2D eigenvalue weighted by atomic mass is 10.1. The second kappa shape index (κ2) is 7.51. The molecule has 0 unspecified atom stereocenters. The van der Waals surface area contributed by atoms with Gasteiger partial charge >= 0.3 is 12.1 Å². The Kier molecular flexibility index (Phi) is 6.25. The minimum absolute atomic E-state index is 0. The first-order valence-corrected chi connectivity index (χ1v) is 6.36. The summed E-state index contributed by atoms with van der Waals surface area (Å²) in [5.74, 6) is -0.917. The molecule has 0 amide bonds. The van der Waals surface area contributed by atoms with Crippen molar-refractivity contribution in [3.05, 3.63) is 36.0 Å². The summed E-state index contributed by atoms with van der Waals surface area (Å²) in [4.78, 5) is 14.7. The quantitative estimate of drug-likeness (QED) is 0.826. The Hall–Kier alpha value is -1.73. The van der Waals surface area contributed by atoms with Crippen molar-refractivity contribution in [2.45, 2.75) is 18.6 Å². The Morgan fingerprint density at radius 1 is 1.36 bits per heavy atom. The summed E-state index contributed by atoms with van der Waals surface area (Å²) in [5.41, 5.74) is 1.75. The fourth-order valence-corrected chi connectivity index (χ4v) is 2.08. The molecule has 0 aliphatic heterocycles. The highest BCUT2D eigenvalue weighted by atomic mass is 35.5. The number of benzene rings is 1. The summed E-state index contributed by atoms with van der Waals surface area (Å²) in [6.45, 7) is -1.57. The molecule has 1 heterocycles. The molecule has 2 N–H and O–H groups in total. The van der Waals surface area contributed by atoms with Crippen LogP contribution < -0.4 is 5.32 Å². The van der Waals surface area contributed by atoms with Gasteiger partial charge in [-0.3, -0.25) is 4.79 Å². The SMILES string of the molecule is CN[C@@H](Cc1c[nH]c2ccccc12)C(=O)OCC(F)(F)F.Cl. The first-order valence-electron chi connectivity index (χ1n) is 6.36. The second-order valence-corrected chi connectivity index (χ2v) is 4.63. The Balaban J connectivity index is 0.00000242. The van der Waals surface area contributed by atoms with Crippen molar-refractivity contribution in [2.75, 3.05) is 13.7 Å². The monoisotopic (exact) mass is 336 g/mol. The van der Waals surface area contributed by atoms with Gasteiger partial charge in [-0.15, -0.1) is 12.4 Å². The third kappa shape index (κ3) is 4.64. The fourth-order valence-electron chi connectivity index (χ4n) is 2.08. The maximum atomic E-state index is 12.1. The van der Waals surface area contributed by atoms with Crippen LogP contribution in [0.15, 0.2) is 30.5 Å². The summed E-state index contributed by atoms with van der Waals surface area (Å²) in [6, 6.07) is 6.67. The van der Waals surface area contributed by atoms with Crippen LogP contribution in [-0.4, -0.2) is 36.8 Å². The summed E-state index contributed by atoms with van der Waals surface area (Å²) in [5, 5.41) is 3.62. The zero-order valence-electron chi connectivity index (χ0n) is 11.7. The van der Waals surface area contributed by atoms with E-state index in [1.54, 1.807) is 6.20 Å². The number of aromatic nitrogens is 1. The molecule has 0 radical (unpaired) electrons. The maximum Gasteiger partial charge on any atom is 0.422 e. The van der Waals surface area contributed by atoms with Crippen molar-refractivity contribution in [2.24, 2.45) is 0 Å². The van der Waals surface area contributed by atoms with Crippen molar-refractivity contribution >= 4 is 29.3 Å². The van der Waals surface area contributed by atoms with E-state index in [9.17, 15) is 18.0 Å². The molecule has 122 valence electrons. The lowest BCUT2D eigenvalue weighted by Crippen LogP contribution is -2.39. The van der Waals surface area contributed by atoms with E-state index >= 15 is 0 Å². The molecule has 1 atom stereocenters. The number of esters is 1. The second-order valence-electron chi connectivity index (χ2n) is 4.63. The van der Waals surface area contributed by atoms with Gasteiger partial charge in [-0.05, 0) is 18.7 Å². The largest absolute Gasteiger partial charge is 0.455 e. The molecule has 0 aliphatic rings. The number of fused-ring (bicyclic) bond motifs is 1. The predicted molar refractivity (Wildman–Crippen MR) is 79.1 cm³/mol. The molecule has 4 nitrogen and oxygen atoms in total. The first kappa shape index (κ1) is 18.3. The standard InChI is InChI=1S/C14H15F3N2O2.ClH/c1-18-12(13(20)21-8-14(15,16)17)6-9-7-19-11-5-3-2-4-10(9)11;/h2-5,7,12,18-19H,6,8H2,1H3;1H/t12-;/m0./s1. The van der Waals surface area contributed by atoms with Crippen molar-refractivity contribution in [3.8, 4) is 0 Å². The van der Waals surface area contributed by atoms with Crippen LogP contribution in [0.2, 0.25) is 0 Å². The maximum absolute atomic E-state index is 12.1. The van der Waals surface area contributed by atoms with Crippen LogP contribution in [0.3, 0.4) is 0 Å². The van der Waals surface area contributed by atoms with Gasteiger partial charge in [0, 0.05) is 23.5 Å². The summed E-state index contributed by atoms with van der Waals surface area (Å²) in [6.07, 6.45) is -2.53. The zero-order valence-corrected chi connectivity index (χ0v) is 12.6. The van der Waals surface area contributed by atoms with E-state index in [0.29, 0.717) is 0 Å². The van der Waals surface area contributed by atoms with Crippen LogP contribution >= 0.6 is 12.4 Å². The van der Waals surface area contributed by atoms with Crippen molar-refractivity contribution in [3.63, 3.8) is 0 Å². The topological polar surface area (TPSA) is 54.1 Å².